The predicted molar refractivity (Wildman–Crippen MR) is 30.1 cm³/mol. The fraction of sp³-hybridized carbons (Fsp3) is 1.00. The van der Waals surface area contributed by atoms with Crippen molar-refractivity contribution in [1.29, 1.82) is 0 Å². The van der Waals surface area contributed by atoms with Gasteiger partial charge < -0.3 is 0 Å². The highest BCUT2D eigenvalue weighted by atomic mass is 13.9. The maximum Gasteiger partial charge on any atom is 0.0699 e. The zero-order chi connectivity index (χ0) is 4.99. The van der Waals surface area contributed by atoms with Crippen molar-refractivity contribution < 1.29 is 0 Å². The predicted octanol–water partition coefficient (Wildman–Crippen LogP) is 1.76. The standard InChI is InChI=1S/C5H11B/c1-3-5(6)4-2/h5H,3-4H2,1-2H3. The van der Waals surface area contributed by atoms with Gasteiger partial charge in [-0.15, -0.1) is 0 Å². The Hall–Kier alpha value is 0.0649. The molecule has 0 aromatic carbocycles. The van der Waals surface area contributed by atoms with Crippen LogP contribution in [0.5, 0.6) is 0 Å². The second-order valence-electron chi connectivity index (χ2n) is 1.58. The van der Waals surface area contributed by atoms with Gasteiger partial charge in [-0.2, -0.15) is 0 Å². The fourth-order valence-electron chi connectivity index (χ4n) is 0.289. The molecule has 34 valence electrons. The molecule has 0 aromatic rings. The summed E-state index contributed by atoms with van der Waals surface area (Å²) in [7, 11) is 5.47. The fourth-order valence-corrected chi connectivity index (χ4v) is 0.289. The third-order valence-corrected chi connectivity index (χ3v) is 1.05. The first-order valence-electron chi connectivity index (χ1n) is 2.56. The van der Waals surface area contributed by atoms with E-state index in [2.05, 4.69) is 13.8 Å². The average molecular weight is 82.0 g/mol. The first kappa shape index (κ1) is 6.06. The molecule has 0 spiro atoms. The lowest BCUT2D eigenvalue weighted by molar-refractivity contribution is 0.768. The van der Waals surface area contributed by atoms with E-state index in [4.69, 9.17) is 7.85 Å². The lowest BCUT2D eigenvalue weighted by Gasteiger charge is -1.99. The van der Waals surface area contributed by atoms with Crippen LogP contribution in [0.15, 0.2) is 0 Å². The van der Waals surface area contributed by atoms with E-state index in [0.29, 0.717) is 5.82 Å². The third-order valence-electron chi connectivity index (χ3n) is 1.05. The van der Waals surface area contributed by atoms with Crippen LogP contribution in [-0.2, 0) is 0 Å². The van der Waals surface area contributed by atoms with Gasteiger partial charge in [0.15, 0.2) is 0 Å². The minimum absolute atomic E-state index is 0.435. The molecule has 0 nitrogen and oxygen atoms in total. The summed E-state index contributed by atoms with van der Waals surface area (Å²) in [5.41, 5.74) is 0. The average Bonchev–Trinajstić information content (AvgIpc) is 1.65. The Morgan fingerprint density at radius 3 is 1.67 bits per heavy atom. The van der Waals surface area contributed by atoms with Gasteiger partial charge in [-0.05, 0) is 0 Å². The normalized spacial score (nSPS) is 9.83. The molecule has 0 aliphatic rings. The smallest absolute Gasteiger partial charge is 0.0699 e. The highest BCUT2D eigenvalue weighted by Crippen LogP contribution is 2.06. The molecule has 0 saturated carbocycles. The zero-order valence-electron chi connectivity index (χ0n) is 4.57. The molecule has 0 bridgehead atoms. The molecule has 0 rings (SSSR count). The summed E-state index contributed by atoms with van der Waals surface area (Å²) in [4.78, 5) is 0. The Kier molecular flexibility index (Phi) is 3.30. The molecule has 1 heteroatoms. The van der Waals surface area contributed by atoms with Crippen LogP contribution < -0.4 is 0 Å². The maximum atomic E-state index is 5.47. The molecular weight excluding hydrogens is 70.9 g/mol. The largest absolute Gasteiger partial charge is 0.0779 e. The quantitative estimate of drug-likeness (QED) is 0.445. The van der Waals surface area contributed by atoms with Crippen molar-refractivity contribution in [2.75, 3.05) is 0 Å². The van der Waals surface area contributed by atoms with Gasteiger partial charge in [0.2, 0.25) is 0 Å². The summed E-state index contributed by atoms with van der Waals surface area (Å²) in [5.74, 6) is 0.435. The molecule has 0 aromatic heterocycles. The maximum absolute atomic E-state index is 5.47. The van der Waals surface area contributed by atoms with Gasteiger partial charge >= 0.3 is 0 Å². The topological polar surface area (TPSA) is 0 Å². The van der Waals surface area contributed by atoms with Gasteiger partial charge in [0.05, 0.1) is 7.85 Å². The van der Waals surface area contributed by atoms with Crippen LogP contribution in [0.25, 0.3) is 0 Å². The van der Waals surface area contributed by atoms with E-state index in [9.17, 15) is 0 Å². The molecule has 0 N–H and O–H groups in total. The van der Waals surface area contributed by atoms with Crippen molar-refractivity contribution in [1.82, 2.24) is 0 Å². The van der Waals surface area contributed by atoms with Crippen molar-refractivity contribution in [3.63, 3.8) is 0 Å². The minimum atomic E-state index is 0.435. The lowest BCUT2D eigenvalue weighted by atomic mass is 9.83. The SMILES string of the molecule is [B]C(CC)CC. The third kappa shape index (κ3) is 2.31. The Morgan fingerprint density at radius 2 is 1.67 bits per heavy atom. The van der Waals surface area contributed by atoms with Crippen molar-refractivity contribution in [3.8, 4) is 0 Å². The van der Waals surface area contributed by atoms with Crippen LogP contribution in [0, 0.1) is 0 Å². The van der Waals surface area contributed by atoms with Gasteiger partial charge in [0, 0.05) is 0 Å². The number of hydrogen-bond donors (Lipinski definition) is 0. The molecular formula is C5H11B. The van der Waals surface area contributed by atoms with Crippen LogP contribution in [0.2, 0.25) is 5.82 Å². The summed E-state index contributed by atoms with van der Waals surface area (Å²) in [6.45, 7) is 4.21. The summed E-state index contributed by atoms with van der Waals surface area (Å²) < 4.78 is 0. The second-order valence-corrected chi connectivity index (χ2v) is 1.58. The van der Waals surface area contributed by atoms with Crippen LogP contribution >= 0.6 is 0 Å². The summed E-state index contributed by atoms with van der Waals surface area (Å²) in [6.07, 6.45) is 2.22. The molecule has 6 heavy (non-hydrogen) atoms. The Morgan fingerprint density at radius 1 is 1.33 bits per heavy atom. The van der Waals surface area contributed by atoms with E-state index in [1.54, 1.807) is 0 Å². The van der Waals surface area contributed by atoms with Crippen LogP contribution in [0.4, 0.5) is 0 Å². The van der Waals surface area contributed by atoms with Gasteiger partial charge in [0.25, 0.3) is 0 Å². The summed E-state index contributed by atoms with van der Waals surface area (Å²) in [6, 6.07) is 0. The van der Waals surface area contributed by atoms with Crippen molar-refractivity contribution >= 4 is 7.85 Å². The van der Waals surface area contributed by atoms with Crippen molar-refractivity contribution in [3.05, 3.63) is 0 Å². The summed E-state index contributed by atoms with van der Waals surface area (Å²) >= 11 is 0. The molecule has 2 radical (unpaired) electrons. The molecule has 0 amide bonds. The van der Waals surface area contributed by atoms with E-state index in [-0.39, 0.29) is 0 Å². The highest BCUT2D eigenvalue weighted by Gasteiger charge is 1.88. The van der Waals surface area contributed by atoms with Gasteiger partial charge in [-0.1, -0.05) is 32.5 Å². The zero-order valence-corrected chi connectivity index (χ0v) is 4.57. The van der Waals surface area contributed by atoms with Gasteiger partial charge in [0.1, 0.15) is 0 Å². The Bertz CT molecular complexity index is 23.1. The first-order valence-corrected chi connectivity index (χ1v) is 2.56. The second kappa shape index (κ2) is 3.26. The monoisotopic (exact) mass is 82.1 g/mol. The lowest BCUT2D eigenvalue weighted by Crippen LogP contribution is -1.83. The van der Waals surface area contributed by atoms with Gasteiger partial charge in [-0.3, -0.25) is 0 Å². The van der Waals surface area contributed by atoms with Crippen molar-refractivity contribution in [2.24, 2.45) is 0 Å². The molecule has 0 fully saturated rings. The van der Waals surface area contributed by atoms with E-state index < -0.39 is 0 Å². The molecule has 0 atom stereocenters. The van der Waals surface area contributed by atoms with E-state index in [0.717, 1.165) is 12.8 Å². The van der Waals surface area contributed by atoms with Gasteiger partial charge in [-0.25, -0.2) is 0 Å². The van der Waals surface area contributed by atoms with E-state index in [1.807, 2.05) is 0 Å². The molecule has 0 aliphatic carbocycles. The number of rotatable bonds is 2. The first-order chi connectivity index (χ1) is 2.81. The van der Waals surface area contributed by atoms with Crippen LogP contribution in [0.3, 0.4) is 0 Å². The van der Waals surface area contributed by atoms with Crippen LogP contribution in [-0.4, -0.2) is 7.85 Å². The molecule has 0 heterocycles. The molecule has 0 saturated heterocycles. The van der Waals surface area contributed by atoms with E-state index >= 15 is 0 Å². The highest BCUT2D eigenvalue weighted by molar-refractivity contribution is 6.11. The van der Waals surface area contributed by atoms with E-state index in [1.165, 1.54) is 0 Å². The molecule has 0 unspecified atom stereocenters. The molecule has 0 aliphatic heterocycles. The minimum Gasteiger partial charge on any atom is -0.0779 e. The summed E-state index contributed by atoms with van der Waals surface area (Å²) in [5, 5.41) is 0. The number of hydrogen-bond acceptors (Lipinski definition) is 0. The van der Waals surface area contributed by atoms with Crippen LogP contribution in [0.1, 0.15) is 26.7 Å². The Labute approximate surface area is 41.4 Å². The van der Waals surface area contributed by atoms with Crippen molar-refractivity contribution in [2.45, 2.75) is 32.5 Å². The Balaban J connectivity index is 2.75.